The summed E-state index contributed by atoms with van der Waals surface area (Å²) < 4.78 is 0. The summed E-state index contributed by atoms with van der Waals surface area (Å²) >= 11 is 0. The van der Waals surface area contributed by atoms with Crippen LogP contribution in [0.2, 0.25) is 0 Å². The predicted molar refractivity (Wildman–Crippen MR) is 187 cm³/mol. The molecule has 4 N–H and O–H groups in total. The van der Waals surface area contributed by atoms with E-state index in [0.29, 0.717) is 12.8 Å². The van der Waals surface area contributed by atoms with Crippen molar-refractivity contribution in [3.8, 4) is 0 Å². The molecule has 2 rings (SSSR count). The number of allylic oxidation sites excluding steroid dienone is 20. The van der Waals surface area contributed by atoms with Crippen molar-refractivity contribution in [2.75, 3.05) is 0 Å². The number of hydrogen-bond acceptors (Lipinski definition) is 4. The molecule has 2 aliphatic carbocycles. The Bertz CT molecular complexity index is 1260. The van der Waals surface area contributed by atoms with E-state index in [2.05, 4.69) is 116 Å². The highest BCUT2D eigenvalue weighted by Crippen LogP contribution is 2.42. The van der Waals surface area contributed by atoms with E-state index in [9.17, 15) is 20.4 Å². The summed E-state index contributed by atoms with van der Waals surface area (Å²) in [5, 5.41) is 40.8. The van der Waals surface area contributed by atoms with E-state index in [1.54, 1.807) is 0 Å². The van der Waals surface area contributed by atoms with Crippen LogP contribution in [0, 0.1) is 10.8 Å². The number of aliphatic hydroxyl groups excluding tert-OH is 4. The van der Waals surface area contributed by atoms with Crippen LogP contribution >= 0.6 is 0 Å². The Hall–Kier alpha value is -3.02. The summed E-state index contributed by atoms with van der Waals surface area (Å²) in [6.45, 7) is 20.5. The minimum atomic E-state index is -0.799. The van der Waals surface area contributed by atoms with E-state index in [-0.39, 0.29) is 10.8 Å². The monoisotopic (exact) mass is 600 g/mol. The summed E-state index contributed by atoms with van der Waals surface area (Å²) in [7, 11) is 0. The van der Waals surface area contributed by atoms with Gasteiger partial charge in [-0.25, -0.2) is 0 Å². The van der Waals surface area contributed by atoms with Crippen LogP contribution in [0.5, 0.6) is 0 Å². The molecule has 0 saturated heterocycles. The molecule has 0 unspecified atom stereocenters. The molecule has 0 bridgehead atoms. The van der Waals surface area contributed by atoms with Crippen molar-refractivity contribution in [1.82, 2.24) is 0 Å². The summed E-state index contributed by atoms with van der Waals surface area (Å²) in [6, 6.07) is 0. The number of hydrogen-bond donors (Lipinski definition) is 4. The smallest absolute Gasteiger partial charge is 0.101 e. The van der Waals surface area contributed by atoms with Gasteiger partial charge in [0.25, 0.3) is 0 Å². The molecule has 0 saturated carbocycles. The van der Waals surface area contributed by atoms with Gasteiger partial charge in [0.05, 0.1) is 12.2 Å². The van der Waals surface area contributed by atoms with Gasteiger partial charge in [0, 0.05) is 0 Å². The minimum Gasteiger partial charge on any atom is -0.390 e. The largest absolute Gasteiger partial charge is 0.390 e. The first-order valence-corrected chi connectivity index (χ1v) is 15.7. The summed E-state index contributed by atoms with van der Waals surface area (Å²) in [5.41, 5.74) is 7.98. The molecule has 0 aromatic rings. The molecule has 0 spiro atoms. The van der Waals surface area contributed by atoms with Crippen molar-refractivity contribution < 1.29 is 20.4 Å². The Morgan fingerprint density at radius 2 is 0.818 bits per heavy atom. The third kappa shape index (κ3) is 10.9. The van der Waals surface area contributed by atoms with Gasteiger partial charge in [-0.2, -0.15) is 0 Å². The SMILES string of the molecule is CC1=C(/C=C/C(C)=C/C=C/C(C)=C/C=C/C=C(C)/C=C/C=C(C)/C=C/C2=C(C)[C@H](O)[C@@H](O)CC2(C)C)C(C)(C)C[C@H](O)[C@@H]1O. The highest BCUT2D eigenvalue weighted by atomic mass is 16.3. The Balaban J connectivity index is 1.94. The van der Waals surface area contributed by atoms with Gasteiger partial charge < -0.3 is 20.4 Å². The fraction of sp³-hybridized carbons (Fsp3) is 0.450. The third-order valence-electron chi connectivity index (χ3n) is 8.65. The molecule has 4 heteroatoms. The fourth-order valence-corrected chi connectivity index (χ4v) is 5.94. The van der Waals surface area contributed by atoms with Crippen molar-refractivity contribution >= 4 is 0 Å². The predicted octanol–water partition coefficient (Wildman–Crippen LogP) is 8.49. The first kappa shape index (κ1) is 37.2. The lowest BCUT2D eigenvalue weighted by molar-refractivity contribution is 0.00681. The van der Waals surface area contributed by atoms with Crippen molar-refractivity contribution in [2.45, 2.75) is 106 Å². The zero-order valence-electron chi connectivity index (χ0n) is 28.6. The molecule has 4 atom stereocenters. The standard InChI is InChI=1S/C40H56O4/c1-27(17-13-19-29(3)21-23-33-31(5)37(43)35(41)25-39(33,7)8)15-11-12-16-28(2)18-14-20-30(4)22-24-34-32(6)38(44)36(42)26-40(34,9)10/h11-24,35-38,41-44H,25-26H2,1-10H3/b12-11+,17-13+,18-14+,23-21+,24-22+,27-15+,28-16+,29-19+,30-20+/t35-,36-,37-,38+/m0/s1. The molecular weight excluding hydrogens is 544 g/mol. The maximum atomic E-state index is 10.3. The first-order valence-electron chi connectivity index (χ1n) is 15.7. The van der Waals surface area contributed by atoms with Crippen molar-refractivity contribution in [2.24, 2.45) is 10.8 Å². The highest BCUT2D eigenvalue weighted by Gasteiger charge is 2.37. The molecule has 4 nitrogen and oxygen atoms in total. The molecule has 240 valence electrons. The zero-order valence-corrected chi connectivity index (χ0v) is 28.6. The van der Waals surface area contributed by atoms with E-state index >= 15 is 0 Å². The molecule has 0 fully saturated rings. The average molecular weight is 601 g/mol. The fourth-order valence-electron chi connectivity index (χ4n) is 5.94. The molecule has 0 radical (unpaired) electrons. The summed E-state index contributed by atoms with van der Waals surface area (Å²) in [6.07, 6.45) is 26.9. The van der Waals surface area contributed by atoms with Crippen molar-refractivity contribution in [3.05, 3.63) is 130 Å². The Morgan fingerprint density at radius 1 is 0.523 bits per heavy atom. The molecule has 44 heavy (non-hydrogen) atoms. The first-order chi connectivity index (χ1) is 20.5. The van der Waals surface area contributed by atoms with Crippen LogP contribution in [0.15, 0.2) is 130 Å². The second kappa shape index (κ2) is 16.3. The second-order valence-corrected chi connectivity index (χ2v) is 13.8. The molecule has 0 heterocycles. The summed E-state index contributed by atoms with van der Waals surface area (Å²) in [5.74, 6) is 0. The topological polar surface area (TPSA) is 80.9 Å². The maximum absolute atomic E-state index is 10.3. The van der Waals surface area contributed by atoms with Gasteiger partial charge in [0.1, 0.15) is 12.2 Å². The van der Waals surface area contributed by atoms with Crippen LogP contribution in [0.25, 0.3) is 0 Å². The number of rotatable bonds is 10. The maximum Gasteiger partial charge on any atom is 0.101 e. The molecule has 0 aromatic carbocycles. The summed E-state index contributed by atoms with van der Waals surface area (Å²) in [4.78, 5) is 0. The lowest BCUT2D eigenvalue weighted by atomic mass is 9.70. The average Bonchev–Trinajstić information content (AvgIpc) is 2.92. The van der Waals surface area contributed by atoms with E-state index in [0.717, 1.165) is 44.6 Å². The van der Waals surface area contributed by atoms with Gasteiger partial charge in [-0.3, -0.25) is 0 Å². The molecule has 0 aliphatic heterocycles. The Labute approximate surface area is 267 Å². The van der Waals surface area contributed by atoms with Crippen LogP contribution in [0.1, 0.15) is 82.1 Å². The molecular formula is C40H56O4. The Kier molecular flexibility index (Phi) is 13.8. The van der Waals surface area contributed by atoms with Crippen molar-refractivity contribution in [1.29, 1.82) is 0 Å². The van der Waals surface area contributed by atoms with Crippen LogP contribution in [0.4, 0.5) is 0 Å². The van der Waals surface area contributed by atoms with Gasteiger partial charge in [0.2, 0.25) is 0 Å². The van der Waals surface area contributed by atoms with Crippen LogP contribution in [-0.4, -0.2) is 44.8 Å². The minimum absolute atomic E-state index is 0.182. The van der Waals surface area contributed by atoms with Crippen LogP contribution in [0.3, 0.4) is 0 Å². The van der Waals surface area contributed by atoms with E-state index in [1.165, 1.54) is 0 Å². The quantitative estimate of drug-likeness (QED) is 0.190. The van der Waals surface area contributed by atoms with E-state index < -0.39 is 24.4 Å². The van der Waals surface area contributed by atoms with Gasteiger partial charge in [0.15, 0.2) is 0 Å². The van der Waals surface area contributed by atoms with Crippen LogP contribution < -0.4 is 0 Å². The van der Waals surface area contributed by atoms with Crippen LogP contribution in [-0.2, 0) is 0 Å². The number of aliphatic hydroxyl groups is 4. The zero-order chi connectivity index (χ0) is 33.2. The van der Waals surface area contributed by atoms with E-state index in [1.807, 2.05) is 38.2 Å². The third-order valence-corrected chi connectivity index (χ3v) is 8.65. The molecule has 2 aliphatic rings. The Morgan fingerprint density at radius 3 is 1.16 bits per heavy atom. The normalized spacial score (nSPS) is 27.9. The van der Waals surface area contributed by atoms with Gasteiger partial charge >= 0.3 is 0 Å². The van der Waals surface area contributed by atoms with Gasteiger partial charge in [-0.05, 0) is 87.5 Å². The van der Waals surface area contributed by atoms with E-state index in [4.69, 9.17) is 0 Å². The lowest BCUT2D eigenvalue weighted by Gasteiger charge is -2.38. The molecule has 0 aromatic heterocycles. The van der Waals surface area contributed by atoms with Crippen molar-refractivity contribution in [3.63, 3.8) is 0 Å². The van der Waals surface area contributed by atoms with Gasteiger partial charge in [-0.1, -0.05) is 135 Å². The second-order valence-electron chi connectivity index (χ2n) is 13.8. The van der Waals surface area contributed by atoms with Gasteiger partial charge in [-0.15, -0.1) is 0 Å². The molecule has 0 amide bonds. The lowest BCUT2D eigenvalue weighted by Crippen LogP contribution is -2.39. The highest BCUT2D eigenvalue weighted by molar-refractivity contribution is 5.41.